The third-order valence-corrected chi connectivity index (χ3v) is 14.4. The average molecular weight is 739 g/mol. The largest absolute Gasteiger partial charge is 0.453 e. The number of imidazole rings is 1. The lowest BCUT2D eigenvalue weighted by molar-refractivity contribution is 0.0457. The van der Waals surface area contributed by atoms with Crippen molar-refractivity contribution in [2.24, 2.45) is 17.8 Å². The van der Waals surface area contributed by atoms with Gasteiger partial charge in [0.05, 0.1) is 28.5 Å². The highest BCUT2D eigenvalue weighted by Crippen LogP contribution is 2.52. The summed E-state index contributed by atoms with van der Waals surface area (Å²) in [5, 5.41) is 2.74. The van der Waals surface area contributed by atoms with Crippen LogP contribution in [-0.4, -0.2) is 99.1 Å². The number of halogens is 2. The summed E-state index contributed by atoms with van der Waals surface area (Å²) < 4.78 is 64.7. The van der Waals surface area contributed by atoms with Crippen molar-refractivity contribution >= 4 is 21.6 Å². The van der Waals surface area contributed by atoms with Crippen molar-refractivity contribution in [1.82, 2.24) is 24.7 Å². The Labute approximate surface area is 306 Å². The zero-order chi connectivity index (χ0) is 36.8. The predicted molar refractivity (Wildman–Crippen MR) is 196 cm³/mol. The number of hydrogen-bond acceptors (Lipinski definition) is 8. The van der Waals surface area contributed by atoms with Gasteiger partial charge in [0.25, 0.3) is 0 Å². The Bertz CT molecular complexity index is 1870. The van der Waals surface area contributed by atoms with Gasteiger partial charge in [-0.25, -0.2) is 27.0 Å². The number of carbonyl (C=O) groups excluding carboxylic acids is 1. The maximum absolute atomic E-state index is 16.1. The van der Waals surface area contributed by atoms with Gasteiger partial charge in [-0.1, -0.05) is 18.6 Å². The number of nitrogens with one attached hydrogen (secondary N) is 1. The molecule has 2 aliphatic carbocycles. The van der Waals surface area contributed by atoms with Crippen LogP contribution in [-0.2, 0) is 26.7 Å². The Balaban J connectivity index is 1.08. The minimum atomic E-state index is -3.53. The molecule has 3 aromatic rings. The molecule has 10 nitrogen and oxygen atoms in total. The first-order chi connectivity index (χ1) is 24.9. The summed E-state index contributed by atoms with van der Waals surface area (Å²) in [7, 11) is 1.50. The number of sulfone groups is 1. The number of likely N-dealkylation sites (tertiary alicyclic amines) is 1. The number of rotatable bonds is 12. The number of piperidine rings is 1. The molecule has 4 aliphatic rings. The van der Waals surface area contributed by atoms with Crippen LogP contribution < -0.4 is 10.2 Å². The standard InChI is InChI=1S/C39H52F2N6O4S/c1-26-42-17-20-47(26)39(29-7-5-8-30(40)21-29,33-9-6-10-34(33)43-38(48)51-4)28-15-18-45(19-16-28)22-27-23-46(24-27)35-13-14-36(52(49,50)31-11-12-31)32(37(35)41)25-44(2)3/h5,7-8,13-14,17,20-21,27-28,31,33-34H,6,9-12,15-16,18-19,22-25H2,1-4H3,(H,43,48)/t33-,34-,39?/m0/s1. The number of nitrogens with zero attached hydrogens (tertiary/aromatic N) is 5. The fraction of sp³-hybridized carbons (Fsp3) is 0.590. The van der Waals surface area contributed by atoms with Gasteiger partial charge in [0.15, 0.2) is 15.7 Å². The monoisotopic (exact) mass is 738 g/mol. The van der Waals surface area contributed by atoms with Crippen molar-refractivity contribution in [3.8, 4) is 0 Å². The molecule has 1 aromatic heterocycles. The molecule has 0 bridgehead atoms. The summed E-state index contributed by atoms with van der Waals surface area (Å²) >= 11 is 0. The molecule has 1 N–H and O–H groups in total. The lowest BCUT2D eigenvalue weighted by atomic mass is 9.64. The van der Waals surface area contributed by atoms with Gasteiger partial charge in [0.2, 0.25) is 0 Å². The maximum atomic E-state index is 16.1. The Hall–Kier alpha value is -3.55. The van der Waals surface area contributed by atoms with E-state index in [-0.39, 0.29) is 40.7 Å². The first-order valence-corrected chi connectivity index (χ1v) is 20.3. The molecule has 2 saturated carbocycles. The second kappa shape index (κ2) is 14.7. The highest BCUT2D eigenvalue weighted by molar-refractivity contribution is 7.92. The Morgan fingerprint density at radius 1 is 1.06 bits per heavy atom. The molecule has 3 atom stereocenters. The van der Waals surface area contributed by atoms with Crippen molar-refractivity contribution < 1.29 is 26.7 Å². The molecular weight excluding hydrogens is 687 g/mol. The van der Waals surface area contributed by atoms with E-state index in [1.54, 1.807) is 24.3 Å². The Morgan fingerprint density at radius 2 is 1.81 bits per heavy atom. The summed E-state index contributed by atoms with van der Waals surface area (Å²) in [6.45, 7) is 6.25. The molecule has 2 aliphatic heterocycles. The number of benzene rings is 2. The van der Waals surface area contributed by atoms with Gasteiger partial charge in [-0.3, -0.25) is 0 Å². The number of anilines is 1. The fourth-order valence-electron chi connectivity index (χ4n) is 9.57. The maximum Gasteiger partial charge on any atom is 0.407 e. The van der Waals surface area contributed by atoms with Crippen LogP contribution in [0.15, 0.2) is 53.7 Å². The lowest BCUT2D eigenvalue weighted by Crippen LogP contribution is -2.58. The first kappa shape index (κ1) is 36.8. The van der Waals surface area contributed by atoms with Gasteiger partial charge in [-0.05, 0) is 108 Å². The third kappa shape index (κ3) is 6.84. The van der Waals surface area contributed by atoms with Crippen LogP contribution in [0, 0.1) is 36.3 Å². The highest BCUT2D eigenvalue weighted by atomic mass is 32.2. The second-order valence-electron chi connectivity index (χ2n) is 15.7. The molecule has 3 heterocycles. The van der Waals surface area contributed by atoms with Crippen LogP contribution in [0.2, 0.25) is 0 Å². The van der Waals surface area contributed by atoms with E-state index in [0.717, 1.165) is 63.1 Å². The van der Waals surface area contributed by atoms with E-state index >= 15 is 8.78 Å². The van der Waals surface area contributed by atoms with Gasteiger partial charge < -0.3 is 29.3 Å². The summed E-state index contributed by atoms with van der Waals surface area (Å²) in [5.74, 6) is 0.642. The molecule has 1 amide bonds. The van der Waals surface area contributed by atoms with Gasteiger partial charge in [0, 0.05) is 62.0 Å². The quantitative estimate of drug-likeness (QED) is 0.257. The van der Waals surface area contributed by atoms with Gasteiger partial charge >= 0.3 is 6.09 Å². The van der Waals surface area contributed by atoms with Crippen LogP contribution in [0.3, 0.4) is 0 Å². The molecule has 2 aromatic carbocycles. The molecule has 7 rings (SSSR count). The van der Waals surface area contributed by atoms with E-state index in [1.165, 1.54) is 13.2 Å². The smallest absolute Gasteiger partial charge is 0.407 e. The summed E-state index contributed by atoms with van der Waals surface area (Å²) in [6, 6.07) is 10.1. The fourth-order valence-corrected chi connectivity index (χ4v) is 11.4. The molecule has 2 saturated heterocycles. The van der Waals surface area contributed by atoms with Crippen LogP contribution in [0.25, 0.3) is 0 Å². The number of amides is 1. The van der Waals surface area contributed by atoms with Crippen molar-refractivity contribution in [1.29, 1.82) is 0 Å². The van der Waals surface area contributed by atoms with Crippen LogP contribution in [0.4, 0.5) is 19.3 Å². The van der Waals surface area contributed by atoms with Crippen molar-refractivity contribution in [3.63, 3.8) is 0 Å². The van der Waals surface area contributed by atoms with E-state index in [2.05, 4.69) is 19.8 Å². The topological polar surface area (TPSA) is 100 Å². The van der Waals surface area contributed by atoms with Crippen molar-refractivity contribution in [2.45, 2.75) is 80.1 Å². The van der Waals surface area contributed by atoms with E-state index in [9.17, 15) is 13.2 Å². The molecular formula is C39H52F2N6O4S. The van der Waals surface area contributed by atoms with Gasteiger partial charge in [0.1, 0.15) is 11.6 Å². The second-order valence-corrected chi connectivity index (χ2v) is 17.9. The number of ether oxygens (including phenoxy) is 1. The van der Waals surface area contributed by atoms with E-state index in [4.69, 9.17) is 4.74 Å². The normalized spacial score (nSPS) is 23.1. The zero-order valence-corrected chi connectivity index (χ0v) is 31.5. The average Bonchev–Trinajstić information content (AvgIpc) is 3.74. The number of hydrogen-bond donors (Lipinski definition) is 1. The first-order valence-electron chi connectivity index (χ1n) is 18.7. The van der Waals surface area contributed by atoms with Crippen LogP contribution in [0.1, 0.15) is 61.9 Å². The highest BCUT2D eigenvalue weighted by Gasteiger charge is 2.54. The molecule has 13 heteroatoms. The van der Waals surface area contributed by atoms with Gasteiger partial charge in [-0.2, -0.15) is 0 Å². The van der Waals surface area contributed by atoms with E-state index in [1.807, 2.05) is 49.3 Å². The van der Waals surface area contributed by atoms with Gasteiger partial charge in [-0.15, -0.1) is 0 Å². The van der Waals surface area contributed by atoms with Crippen molar-refractivity contribution in [2.75, 3.05) is 58.8 Å². The van der Waals surface area contributed by atoms with Crippen LogP contribution in [0.5, 0.6) is 0 Å². The summed E-state index contributed by atoms with van der Waals surface area (Å²) in [5.41, 5.74) is 1.01. The zero-order valence-electron chi connectivity index (χ0n) is 30.7. The van der Waals surface area contributed by atoms with Crippen molar-refractivity contribution in [3.05, 3.63) is 77.4 Å². The summed E-state index contributed by atoms with van der Waals surface area (Å²) in [4.78, 5) is 23.7. The number of methoxy groups -OCH3 is 1. The Kier molecular flexibility index (Phi) is 10.4. The number of alkyl carbamates (subject to hydrolysis) is 1. The molecule has 282 valence electrons. The van der Waals surface area contributed by atoms with E-state index in [0.29, 0.717) is 37.5 Å². The van der Waals surface area contributed by atoms with E-state index < -0.39 is 32.5 Å². The molecule has 0 spiro atoms. The van der Waals surface area contributed by atoms with Crippen LogP contribution >= 0.6 is 0 Å². The minimum Gasteiger partial charge on any atom is -0.453 e. The Morgan fingerprint density at radius 3 is 2.44 bits per heavy atom. The number of aromatic nitrogens is 2. The molecule has 4 fully saturated rings. The summed E-state index contributed by atoms with van der Waals surface area (Å²) in [6.07, 6.45) is 9.05. The lowest BCUT2D eigenvalue weighted by Gasteiger charge is -2.52. The predicted octanol–water partition coefficient (Wildman–Crippen LogP) is 5.58. The number of carbonyl (C=O) groups is 1. The number of aryl methyl sites for hydroxylation is 1. The molecule has 0 radical (unpaired) electrons. The minimum absolute atomic E-state index is 0.00373. The molecule has 1 unspecified atom stereocenters. The SMILES string of the molecule is COC(=O)N[C@H]1CCC[C@@H]1C(c1cccc(F)c1)(C1CCN(CC2CN(c3ccc(S(=O)(=O)C4CC4)c(CN(C)C)c3F)C2)CC1)n1ccnc1C. The third-order valence-electron chi connectivity index (χ3n) is 12.0. The molecule has 52 heavy (non-hydrogen) atoms.